The van der Waals surface area contributed by atoms with E-state index in [4.69, 9.17) is 4.52 Å². The molecule has 1 fully saturated rings. The average Bonchev–Trinajstić information content (AvgIpc) is 3.25. The van der Waals surface area contributed by atoms with Gasteiger partial charge in [-0.3, -0.25) is 4.79 Å². The maximum atomic E-state index is 13.9. The first-order valence-corrected chi connectivity index (χ1v) is 13.0. The lowest BCUT2D eigenvalue weighted by molar-refractivity contribution is -0.120. The van der Waals surface area contributed by atoms with E-state index in [-0.39, 0.29) is 41.3 Å². The standard InChI is InChI=1S/C26H28FN3O4S/c1-3-19-8-11-22(12-9-19)28-26(31)21-14-16-30(17-15-21)35(32,33)25-18(2)29-34-24(25)13-10-20-6-4-5-7-23(20)27/h4-13,21H,3,14-17H2,1-2H3,(H,28,31)/b13-10+. The molecule has 2 aromatic carbocycles. The number of benzene rings is 2. The van der Waals surface area contributed by atoms with Gasteiger partial charge in [-0.05, 0) is 62.1 Å². The molecule has 9 heteroatoms. The van der Waals surface area contributed by atoms with Crippen LogP contribution in [0.5, 0.6) is 0 Å². The van der Waals surface area contributed by atoms with Gasteiger partial charge in [-0.1, -0.05) is 42.4 Å². The van der Waals surface area contributed by atoms with E-state index in [0.717, 1.165) is 12.1 Å². The van der Waals surface area contributed by atoms with Crippen LogP contribution in [0.3, 0.4) is 0 Å². The number of hydrogen-bond acceptors (Lipinski definition) is 5. The summed E-state index contributed by atoms with van der Waals surface area (Å²) in [6.07, 6.45) is 4.60. The first-order valence-electron chi connectivity index (χ1n) is 11.6. The molecule has 0 unspecified atom stereocenters. The Balaban J connectivity index is 1.44. The summed E-state index contributed by atoms with van der Waals surface area (Å²) < 4.78 is 47.4. The topological polar surface area (TPSA) is 92.5 Å². The fraction of sp³-hybridized carbons (Fsp3) is 0.308. The van der Waals surface area contributed by atoms with Crippen LogP contribution in [0.15, 0.2) is 57.9 Å². The van der Waals surface area contributed by atoms with Crippen LogP contribution in [0.4, 0.5) is 10.1 Å². The predicted octanol–water partition coefficient (Wildman–Crippen LogP) is 4.89. The van der Waals surface area contributed by atoms with Crippen molar-refractivity contribution in [2.75, 3.05) is 18.4 Å². The van der Waals surface area contributed by atoms with Crippen LogP contribution in [0, 0.1) is 18.7 Å². The molecule has 35 heavy (non-hydrogen) atoms. The SMILES string of the molecule is CCc1ccc(NC(=O)C2CCN(S(=O)(=O)c3c(C)noc3/C=C/c3ccccc3F)CC2)cc1. The van der Waals surface area contributed by atoms with Crippen LogP contribution in [0.2, 0.25) is 0 Å². The third-order valence-electron chi connectivity index (χ3n) is 6.21. The zero-order chi connectivity index (χ0) is 25.0. The number of aryl methyl sites for hydroxylation is 2. The van der Waals surface area contributed by atoms with E-state index in [1.807, 2.05) is 24.3 Å². The van der Waals surface area contributed by atoms with Crippen molar-refractivity contribution in [1.29, 1.82) is 0 Å². The number of sulfonamides is 1. The molecule has 7 nitrogen and oxygen atoms in total. The zero-order valence-electron chi connectivity index (χ0n) is 19.7. The Morgan fingerprint density at radius 3 is 2.49 bits per heavy atom. The lowest BCUT2D eigenvalue weighted by Crippen LogP contribution is -2.41. The molecule has 1 saturated heterocycles. The molecule has 1 aliphatic heterocycles. The maximum absolute atomic E-state index is 13.9. The molecule has 0 bridgehead atoms. The lowest BCUT2D eigenvalue weighted by Gasteiger charge is -2.30. The zero-order valence-corrected chi connectivity index (χ0v) is 20.5. The predicted molar refractivity (Wildman–Crippen MR) is 133 cm³/mol. The second-order valence-corrected chi connectivity index (χ2v) is 10.4. The minimum absolute atomic E-state index is 0.0380. The second-order valence-electron chi connectivity index (χ2n) is 8.53. The van der Waals surface area contributed by atoms with E-state index in [1.54, 1.807) is 25.1 Å². The van der Waals surface area contributed by atoms with E-state index >= 15 is 0 Å². The van der Waals surface area contributed by atoms with Gasteiger partial charge in [0.15, 0.2) is 10.7 Å². The van der Waals surface area contributed by atoms with Crippen LogP contribution >= 0.6 is 0 Å². The van der Waals surface area contributed by atoms with E-state index < -0.39 is 15.8 Å². The Kier molecular flexibility index (Phi) is 7.47. The van der Waals surface area contributed by atoms with Gasteiger partial charge < -0.3 is 9.84 Å². The summed E-state index contributed by atoms with van der Waals surface area (Å²) in [5.41, 5.74) is 2.46. The van der Waals surface area contributed by atoms with E-state index in [1.165, 1.54) is 28.1 Å². The van der Waals surface area contributed by atoms with E-state index in [9.17, 15) is 17.6 Å². The smallest absolute Gasteiger partial charge is 0.248 e. The van der Waals surface area contributed by atoms with Crippen molar-refractivity contribution in [3.8, 4) is 0 Å². The molecule has 1 amide bonds. The highest BCUT2D eigenvalue weighted by molar-refractivity contribution is 7.89. The monoisotopic (exact) mass is 497 g/mol. The van der Waals surface area contributed by atoms with Gasteiger partial charge >= 0.3 is 0 Å². The number of piperidine rings is 1. The highest BCUT2D eigenvalue weighted by Crippen LogP contribution is 2.30. The fourth-order valence-corrected chi connectivity index (χ4v) is 5.85. The van der Waals surface area contributed by atoms with Gasteiger partial charge in [0.2, 0.25) is 15.9 Å². The van der Waals surface area contributed by atoms with Crippen molar-refractivity contribution in [2.45, 2.75) is 38.0 Å². The van der Waals surface area contributed by atoms with Gasteiger partial charge in [0, 0.05) is 30.3 Å². The number of nitrogens with one attached hydrogen (secondary N) is 1. The number of anilines is 1. The Bertz CT molecular complexity index is 1320. The Hall–Kier alpha value is -3.30. The van der Waals surface area contributed by atoms with Crippen LogP contribution in [-0.2, 0) is 21.2 Å². The van der Waals surface area contributed by atoms with Crippen molar-refractivity contribution in [1.82, 2.24) is 9.46 Å². The van der Waals surface area contributed by atoms with Crippen LogP contribution in [-0.4, -0.2) is 36.9 Å². The Morgan fingerprint density at radius 1 is 1.14 bits per heavy atom. The quantitative estimate of drug-likeness (QED) is 0.502. The minimum Gasteiger partial charge on any atom is -0.355 e. The molecule has 4 rings (SSSR count). The number of carbonyl (C=O) groups is 1. The van der Waals surface area contributed by atoms with Crippen molar-refractivity contribution in [3.63, 3.8) is 0 Å². The molecular formula is C26H28FN3O4S. The summed E-state index contributed by atoms with van der Waals surface area (Å²) in [6.45, 7) is 4.03. The van der Waals surface area contributed by atoms with Crippen molar-refractivity contribution < 1.29 is 22.1 Å². The van der Waals surface area contributed by atoms with Crippen molar-refractivity contribution in [2.24, 2.45) is 5.92 Å². The molecule has 0 spiro atoms. The van der Waals surface area contributed by atoms with Crippen LogP contribution in [0.25, 0.3) is 12.2 Å². The largest absolute Gasteiger partial charge is 0.355 e. The molecule has 1 aromatic heterocycles. The van der Waals surface area contributed by atoms with Crippen molar-refractivity contribution >= 4 is 33.8 Å². The van der Waals surface area contributed by atoms with Gasteiger partial charge in [0.05, 0.1) is 0 Å². The highest BCUT2D eigenvalue weighted by Gasteiger charge is 2.36. The molecule has 3 aromatic rings. The summed E-state index contributed by atoms with van der Waals surface area (Å²) in [4.78, 5) is 12.7. The summed E-state index contributed by atoms with van der Waals surface area (Å²) in [7, 11) is -3.91. The molecular weight excluding hydrogens is 469 g/mol. The van der Waals surface area contributed by atoms with E-state index in [0.29, 0.717) is 18.4 Å². The molecule has 1 N–H and O–H groups in total. The number of rotatable bonds is 7. The second kappa shape index (κ2) is 10.5. The third kappa shape index (κ3) is 5.52. The Morgan fingerprint density at radius 2 is 1.83 bits per heavy atom. The number of aromatic nitrogens is 1. The highest BCUT2D eigenvalue weighted by atomic mass is 32.2. The first kappa shape index (κ1) is 24.8. The van der Waals surface area contributed by atoms with Gasteiger partial charge in [-0.25, -0.2) is 12.8 Å². The number of carbonyl (C=O) groups excluding carboxylic acids is 1. The van der Waals surface area contributed by atoms with Gasteiger partial charge in [-0.15, -0.1) is 0 Å². The summed E-state index contributed by atoms with van der Waals surface area (Å²) in [6, 6.07) is 13.9. The molecule has 184 valence electrons. The van der Waals surface area contributed by atoms with Gasteiger partial charge in [-0.2, -0.15) is 4.31 Å². The first-order chi connectivity index (χ1) is 16.8. The molecule has 0 atom stereocenters. The lowest BCUT2D eigenvalue weighted by atomic mass is 9.97. The van der Waals surface area contributed by atoms with Crippen LogP contribution in [0.1, 0.15) is 42.3 Å². The van der Waals surface area contributed by atoms with Gasteiger partial charge in [0.25, 0.3) is 0 Å². The van der Waals surface area contributed by atoms with Crippen molar-refractivity contribution in [3.05, 3.63) is 76.9 Å². The third-order valence-corrected chi connectivity index (χ3v) is 8.26. The maximum Gasteiger partial charge on any atom is 0.248 e. The minimum atomic E-state index is -3.91. The molecule has 1 aliphatic rings. The summed E-state index contributed by atoms with van der Waals surface area (Å²) in [5.74, 6) is -0.774. The fourth-order valence-electron chi connectivity index (χ4n) is 4.13. The Labute approximate surface area is 204 Å². The molecule has 2 heterocycles. The van der Waals surface area contributed by atoms with E-state index in [2.05, 4.69) is 17.4 Å². The molecule has 0 saturated carbocycles. The van der Waals surface area contributed by atoms with Gasteiger partial charge in [0.1, 0.15) is 11.5 Å². The average molecular weight is 498 g/mol. The normalized spacial score (nSPS) is 15.5. The molecule has 0 aliphatic carbocycles. The number of halogens is 1. The number of amides is 1. The number of hydrogen-bond donors (Lipinski definition) is 1. The summed E-state index contributed by atoms with van der Waals surface area (Å²) in [5, 5.41) is 6.75. The number of nitrogens with zero attached hydrogens (tertiary/aromatic N) is 2. The molecule has 0 radical (unpaired) electrons. The summed E-state index contributed by atoms with van der Waals surface area (Å²) >= 11 is 0. The van der Waals surface area contributed by atoms with Crippen LogP contribution < -0.4 is 5.32 Å².